The zero-order valence-corrected chi connectivity index (χ0v) is 18.5. The number of carbonyl (C=O) groups is 1. The van der Waals surface area contributed by atoms with Gasteiger partial charge in [-0.3, -0.25) is 4.79 Å². The predicted molar refractivity (Wildman–Crippen MR) is 125 cm³/mol. The Kier molecular flexibility index (Phi) is 7.17. The van der Waals surface area contributed by atoms with E-state index in [0.717, 1.165) is 49.0 Å². The molecular weight excluding hydrogens is 406 g/mol. The lowest BCUT2D eigenvalue weighted by molar-refractivity contribution is 0.0947. The van der Waals surface area contributed by atoms with Crippen LogP contribution < -0.4 is 10.2 Å². The lowest BCUT2D eigenvalue weighted by Gasteiger charge is -2.34. The van der Waals surface area contributed by atoms with E-state index in [2.05, 4.69) is 32.0 Å². The molecule has 0 unspecified atom stereocenters. The van der Waals surface area contributed by atoms with E-state index in [1.165, 1.54) is 11.8 Å². The number of pyridine rings is 2. The molecule has 3 heterocycles. The summed E-state index contributed by atoms with van der Waals surface area (Å²) in [7, 11) is 0. The standard InChI is InChI=1S/C24H27N5OS/c1-2-28-13-15-29(16-14-28)22-11-10-19(17-26-22)18-27-23(30)21-9-6-12-25-24(21)31-20-7-4-3-5-8-20/h3-12,17H,2,13-16,18H2,1H3,(H,27,30). The molecule has 1 saturated heterocycles. The number of piperazine rings is 1. The Hall–Kier alpha value is -2.90. The molecule has 1 aromatic carbocycles. The second-order valence-corrected chi connectivity index (χ2v) is 8.46. The molecule has 6 nitrogen and oxygen atoms in total. The highest BCUT2D eigenvalue weighted by Crippen LogP contribution is 2.28. The van der Waals surface area contributed by atoms with E-state index in [-0.39, 0.29) is 5.91 Å². The fourth-order valence-corrected chi connectivity index (χ4v) is 4.42. The van der Waals surface area contributed by atoms with Gasteiger partial charge in [0.25, 0.3) is 5.91 Å². The van der Waals surface area contributed by atoms with Gasteiger partial charge in [0.15, 0.2) is 0 Å². The molecule has 0 atom stereocenters. The number of anilines is 1. The topological polar surface area (TPSA) is 61.4 Å². The van der Waals surface area contributed by atoms with E-state index in [0.29, 0.717) is 17.1 Å². The number of benzene rings is 1. The molecule has 1 fully saturated rings. The summed E-state index contributed by atoms with van der Waals surface area (Å²) in [6.45, 7) is 7.88. The normalized spacial score (nSPS) is 14.4. The molecule has 1 N–H and O–H groups in total. The SMILES string of the molecule is CCN1CCN(c2ccc(CNC(=O)c3cccnc3Sc3ccccc3)cn2)CC1. The lowest BCUT2D eigenvalue weighted by atomic mass is 10.2. The van der Waals surface area contributed by atoms with Crippen molar-refractivity contribution in [3.05, 3.63) is 78.1 Å². The van der Waals surface area contributed by atoms with Crippen molar-refractivity contribution in [3.8, 4) is 0 Å². The predicted octanol–water partition coefficient (Wildman–Crippen LogP) is 3.70. The number of rotatable bonds is 7. The average Bonchev–Trinajstić information content (AvgIpc) is 2.84. The summed E-state index contributed by atoms with van der Waals surface area (Å²) in [6.07, 6.45) is 3.57. The molecule has 1 amide bonds. The van der Waals surface area contributed by atoms with E-state index in [4.69, 9.17) is 0 Å². The minimum atomic E-state index is -0.133. The van der Waals surface area contributed by atoms with Gasteiger partial charge in [0.1, 0.15) is 10.8 Å². The highest BCUT2D eigenvalue weighted by Gasteiger charge is 2.17. The smallest absolute Gasteiger partial charge is 0.254 e. The van der Waals surface area contributed by atoms with Crippen molar-refractivity contribution in [2.45, 2.75) is 23.4 Å². The first-order valence-electron chi connectivity index (χ1n) is 10.6. The number of amides is 1. The fourth-order valence-electron chi connectivity index (χ4n) is 3.52. The quantitative estimate of drug-likeness (QED) is 0.613. The first-order chi connectivity index (χ1) is 15.2. The van der Waals surface area contributed by atoms with Crippen LogP contribution in [-0.2, 0) is 6.54 Å². The molecule has 1 aliphatic heterocycles. The molecule has 160 valence electrons. The summed E-state index contributed by atoms with van der Waals surface area (Å²) in [5, 5.41) is 3.70. The maximum atomic E-state index is 12.8. The third kappa shape index (κ3) is 5.62. The van der Waals surface area contributed by atoms with Gasteiger partial charge in [-0.2, -0.15) is 0 Å². The molecule has 1 aliphatic rings. The Morgan fingerprint density at radius 3 is 2.52 bits per heavy atom. The molecule has 4 rings (SSSR count). The Balaban J connectivity index is 1.35. The van der Waals surface area contributed by atoms with Gasteiger partial charge >= 0.3 is 0 Å². The monoisotopic (exact) mass is 433 g/mol. The Labute approximate surface area is 187 Å². The number of carbonyl (C=O) groups excluding carboxylic acids is 1. The number of nitrogens with zero attached hydrogens (tertiary/aromatic N) is 4. The first-order valence-corrected chi connectivity index (χ1v) is 11.4. The van der Waals surface area contributed by atoms with Crippen LogP contribution in [0.3, 0.4) is 0 Å². The minimum Gasteiger partial charge on any atom is -0.354 e. The van der Waals surface area contributed by atoms with E-state index in [1.54, 1.807) is 12.3 Å². The van der Waals surface area contributed by atoms with Gasteiger partial charge in [0.2, 0.25) is 0 Å². The molecular formula is C24H27N5OS. The van der Waals surface area contributed by atoms with E-state index in [9.17, 15) is 4.79 Å². The van der Waals surface area contributed by atoms with Gasteiger partial charge in [-0.1, -0.05) is 43.0 Å². The highest BCUT2D eigenvalue weighted by atomic mass is 32.2. The Morgan fingerprint density at radius 2 is 1.81 bits per heavy atom. The summed E-state index contributed by atoms with van der Waals surface area (Å²) in [5.74, 6) is 0.867. The Bertz CT molecular complexity index is 988. The number of nitrogens with one attached hydrogen (secondary N) is 1. The number of aromatic nitrogens is 2. The van der Waals surface area contributed by atoms with E-state index in [1.807, 2.05) is 54.7 Å². The van der Waals surface area contributed by atoms with Crippen LogP contribution in [0.5, 0.6) is 0 Å². The fraction of sp³-hybridized carbons (Fsp3) is 0.292. The third-order valence-corrected chi connectivity index (χ3v) is 6.41. The third-order valence-electron chi connectivity index (χ3n) is 5.38. The maximum Gasteiger partial charge on any atom is 0.254 e. The lowest BCUT2D eigenvalue weighted by Crippen LogP contribution is -2.46. The van der Waals surface area contributed by atoms with Crippen LogP contribution in [0.1, 0.15) is 22.8 Å². The van der Waals surface area contributed by atoms with Gasteiger partial charge in [0.05, 0.1) is 5.56 Å². The molecule has 2 aromatic heterocycles. The summed E-state index contributed by atoms with van der Waals surface area (Å²) in [5.41, 5.74) is 1.56. The summed E-state index contributed by atoms with van der Waals surface area (Å²) in [4.78, 5) is 27.6. The average molecular weight is 434 g/mol. The van der Waals surface area contributed by atoms with Crippen LogP contribution in [0.2, 0.25) is 0 Å². The van der Waals surface area contributed by atoms with Crippen molar-refractivity contribution < 1.29 is 4.79 Å². The molecule has 31 heavy (non-hydrogen) atoms. The zero-order valence-electron chi connectivity index (χ0n) is 17.7. The van der Waals surface area contributed by atoms with Crippen LogP contribution in [0.4, 0.5) is 5.82 Å². The Morgan fingerprint density at radius 1 is 1.00 bits per heavy atom. The van der Waals surface area contributed by atoms with Crippen molar-refractivity contribution >= 4 is 23.5 Å². The highest BCUT2D eigenvalue weighted by molar-refractivity contribution is 7.99. The van der Waals surface area contributed by atoms with E-state index >= 15 is 0 Å². The zero-order chi connectivity index (χ0) is 21.5. The molecule has 0 bridgehead atoms. The molecule has 7 heteroatoms. The van der Waals surface area contributed by atoms with Crippen LogP contribution in [-0.4, -0.2) is 53.5 Å². The number of hydrogen-bond donors (Lipinski definition) is 1. The van der Waals surface area contributed by atoms with Gasteiger partial charge in [0, 0.05) is 50.0 Å². The van der Waals surface area contributed by atoms with Gasteiger partial charge < -0.3 is 15.1 Å². The molecule has 0 radical (unpaired) electrons. The molecule has 0 saturated carbocycles. The molecule has 3 aromatic rings. The van der Waals surface area contributed by atoms with Crippen LogP contribution >= 0.6 is 11.8 Å². The van der Waals surface area contributed by atoms with Crippen molar-refractivity contribution in [2.24, 2.45) is 0 Å². The first kappa shape index (κ1) is 21.3. The van der Waals surface area contributed by atoms with E-state index < -0.39 is 0 Å². The van der Waals surface area contributed by atoms with Crippen LogP contribution in [0, 0.1) is 0 Å². The summed E-state index contributed by atoms with van der Waals surface area (Å²) < 4.78 is 0. The van der Waals surface area contributed by atoms with Gasteiger partial charge in [-0.05, 0) is 42.4 Å². The molecule has 0 spiro atoms. The van der Waals surface area contributed by atoms with Gasteiger partial charge in [-0.25, -0.2) is 9.97 Å². The minimum absolute atomic E-state index is 0.133. The number of hydrogen-bond acceptors (Lipinski definition) is 6. The summed E-state index contributed by atoms with van der Waals surface area (Å²) >= 11 is 1.49. The summed E-state index contributed by atoms with van der Waals surface area (Å²) in [6, 6.07) is 17.6. The van der Waals surface area contributed by atoms with Crippen molar-refractivity contribution in [2.75, 3.05) is 37.6 Å². The largest absolute Gasteiger partial charge is 0.354 e. The van der Waals surface area contributed by atoms with Crippen molar-refractivity contribution in [3.63, 3.8) is 0 Å². The second-order valence-electron chi connectivity index (χ2n) is 7.40. The van der Waals surface area contributed by atoms with Crippen LogP contribution in [0.15, 0.2) is 76.9 Å². The van der Waals surface area contributed by atoms with Gasteiger partial charge in [-0.15, -0.1) is 0 Å². The second kappa shape index (κ2) is 10.4. The van der Waals surface area contributed by atoms with Crippen molar-refractivity contribution in [1.82, 2.24) is 20.2 Å². The maximum absolute atomic E-state index is 12.8. The van der Waals surface area contributed by atoms with Crippen LogP contribution in [0.25, 0.3) is 0 Å². The number of likely N-dealkylation sites (N-methyl/N-ethyl adjacent to an activating group) is 1. The molecule has 0 aliphatic carbocycles. The van der Waals surface area contributed by atoms with Crippen molar-refractivity contribution in [1.29, 1.82) is 0 Å².